The SMILES string of the molecule is CC(C)(C)OC(=O)NCC(=O)c1c(F)cccc1F. The van der Waals surface area contributed by atoms with E-state index in [1.807, 2.05) is 0 Å². The zero-order valence-electron chi connectivity index (χ0n) is 10.9. The highest BCUT2D eigenvalue weighted by atomic mass is 19.1. The summed E-state index contributed by atoms with van der Waals surface area (Å²) in [5, 5.41) is 2.15. The molecule has 0 spiro atoms. The molecule has 104 valence electrons. The molecule has 0 aliphatic rings. The lowest BCUT2D eigenvalue weighted by Gasteiger charge is -2.19. The molecule has 0 unspecified atom stereocenters. The normalized spacial score (nSPS) is 11.0. The molecule has 19 heavy (non-hydrogen) atoms. The fourth-order valence-corrected chi connectivity index (χ4v) is 1.32. The van der Waals surface area contributed by atoms with Crippen LogP contribution in [-0.4, -0.2) is 24.0 Å². The summed E-state index contributed by atoms with van der Waals surface area (Å²) in [5.74, 6) is -2.78. The molecule has 0 bridgehead atoms. The molecule has 1 N–H and O–H groups in total. The van der Waals surface area contributed by atoms with Crippen LogP contribution < -0.4 is 5.32 Å². The van der Waals surface area contributed by atoms with E-state index >= 15 is 0 Å². The summed E-state index contributed by atoms with van der Waals surface area (Å²) >= 11 is 0. The maximum Gasteiger partial charge on any atom is 0.408 e. The Balaban J connectivity index is 2.64. The van der Waals surface area contributed by atoms with Gasteiger partial charge < -0.3 is 10.1 Å². The summed E-state index contributed by atoms with van der Waals surface area (Å²) in [4.78, 5) is 22.9. The van der Waals surface area contributed by atoms with Gasteiger partial charge in [0.2, 0.25) is 0 Å². The number of ether oxygens (including phenoxy) is 1. The van der Waals surface area contributed by atoms with E-state index in [0.717, 1.165) is 18.2 Å². The molecule has 1 amide bonds. The van der Waals surface area contributed by atoms with Gasteiger partial charge in [-0.1, -0.05) is 6.07 Å². The van der Waals surface area contributed by atoms with Gasteiger partial charge in [-0.3, -0.25) is 4.79 Å². The Hall–Kier alpha value is -1.98. The lowest BCUT2D eigenvalue weighted by atomic mass is 10.1. The molecule has 6 heteroatoms. The molecule has 1 rings (SSSR count). The molecule has 0 fully saturated rings. The maximum absolute atomic E-state index is 13.3. The lowest BCUT2D eigenvalue weighted by molar-refractivity contribution is 0.0520. The van der Waals surface area contributed by atoms with E-state index in [1.165, 1.54) is 0 Å². The quantitative estimate of drug-likeness (QED) is 0.860. The number of carbonyl (C=O) groups excluding carboxylic acids is 2. The van der Waals surface area contributed by atoms with Crippen molar-refractivity contribution >= 4 is 11.9 Å². The molecule has 0 aromatic heterocycles. The predicted octanol–water partition coefficient (Wildman–Crippen LogP) is 2.67. The van der Waals surface area contributed by atoms with Crippen LogP contribution in [0, 0.1) is 11.6 Å². The van der Waals surface area contributed by atoms with Gasteiger partial charge in [-0.2, -0.15) is 0 Å². The first-order chi connectivity index (χ1) is 8.70. The number of carbonyl (C=O) groups is 2. The van der Waals surface area contributed by atoms with E-state index < -0.39 is 41.2 Å². The Bertz CT molecular complexity index is 475. The number of Topliss-reactive ketones (excluding diaryl/α,β-unsaturated/α-hetero) is 1. The molecule has 0 aliphatic carbocycles. The van der Waals surface area contributed by atoms with Crippen LogP contribution in [0.25, 0.3) is 0 Å². The third kappa shape index (κ3) is 4.65. The number of hydrogen-bond donors (Lipinski definition) is 1. The number of amides is 1. The maximum atomic E-state index is 13.3. The minimum absolute atomic E-state index is 0.535. The van der Waals surface area contributed by atoms with Crippen LogP contribution in [0.4, 0.5) is 13.6 Å². The van der Waals surface area contributed by atoms with Gasteiger partial charge in [0.25, 0.3) is 0 Å². The van der Waals surface area contributed by atoms with Gasteiger partial charge in [0.1, 0.15) is 17.2 Å². The molecule has 0 saturated heterocycles. The largest absolute Gasteiger partial charge is 0.444 e. The van der Waals surface area contributed by atoms with Crippen molar-refractivity contribution in [2.24, 2.45) is 0 Å². The van der Waals surface area contributed by atoms with E-state index in [-0.39, 0.29) is 0 Å². The lowest BCUT2D eigenvalue weighted by Crippen LogP contribution is -2.35. The number of alkyl carbamates (subject to hydrolysis) is 1. The topological polar surface area (TPSA) is 55.4 Å². The summed E-state index contributed by atoms with van der Waals surface area (Å²) in [7, 11) is 0. The molecule has 0 heterocycles. The van der Waals surface area contributed by atoms with Gasteiger partial charge in [-0.05, 0) is 32.9 Å². The highest BCUT2D eigenvalue weighted by Crippen LogP contribution is 2.12. The molecular formula is C13H15F2NO3. The zero-order valence-corrected chi connectivity index (χ0v) is 10.9. The number of ketones is 1. The van der Waals surface area contributed by atoms with E-state index in [9.17, 15) is 18.4 Å². The van der Waals surface area contributed by atoms with Crippen molar-refractivity contribution in [1.82, 2.24) is 5.32 Å². The second-order valence-electron chi connectivity index (χ2n) is 4.88. The van der Waals surface area contributed by atoms with Gasteiger partial charge in [0.15, 0.2) is 5.78 Å². The molecule has 1 aromatic carbocycles. The third-order valence-corrected chi connectivity index (χ3v) is 2.03. The minimum Gasteiger partial charge on any atom is -0.444 e. The van der Waals surface area contributed by atoms with Crippen molar-refractivity contribution in [1.29, 1.82) is 0 Å². The monoisotopic (exact) mass is 271 g/mol. The van der Waals surface area contributed by atoms with Crippen molar-refractivity contribution in [2.75, 3.05) is 6.54 Å². The summed E-state index contributed by atoms with van der Waals surface area (Å²) in [5.41, 5.74) is -1.38. The van der Waals surface area contributed by atoms with Crippen LogP contribution in [0.15, 0.2) is 18.2 Å². The molecule has 0 saturated carbocycles. The summed E-state index contributed by atoms with van der Waals surface area (Å²) in [6.45, 7) is 4.44. The van der Waals surface area contributed by atoms with Crippen LogP contribution in [0.5, 0.6) is 0 Å². The number of nitrogens with one attached hydrogen (secondary N) is 1. The van der Waals surface area contributed by atoms with Gasteiger partial charge in [0, 0.05) is 0 Å². The number of halogens is 2. The fourth-order valence-electron chi connectivity index (χ4n) is 1.32. The van der Waals surface area contributed by atoms with Gasteiger partial charge in [-0.25, -0.2) is 13.6 Å². The average Bonchev–Trinajstić information content (AvgIpc) is 2.23. The Labute approximate surface area is 109 Å². The van der Waals surface area contributed by atoms with Crippen LogP contribution in [0.1, 0.15) is 31.1 Å². The summed E-state index contributed by atoms with van der Waals surface area (Å²) < 4.78 is 31.5. The van der Waals surface area contributed by atoms with Crippen molar-refractivity contribution < 1.29 is 23.1 Å². The molecule has 4 nitrogen and oxygen atoms in total. The van der Waals surface area contributed by atoms with Crippen LogP contribution >= 0.6 is 0 Å². The predicted molar refractivity (Wildman–Crippen MR) is 64.9 cm³/mol. The van der Waals surface area contributed by atoms with Crippen molar-refractivity contribution in [3.8, 4) is 0 Å². The average molecular weight is 271 g/mol. The van der Waals surface area contributed by atoms with Gasteiger partial charge in [-0.15, -0.1) is 0 Å². The summed E-state index contributed by atoms with van der Waals surface area (Å²) in [6.07, 6.45) is -0.822. The summed E-state index contributed by atoms with van der Waals surface area (Å²) in [6, 6.07) is 3.11. The van der Waals surface area contributed by atoms with Gasteiger partial charge >= 0.3 is 6.09 Å². The smallest absolute Gasteiger partial charge is 0.408 e. The molecule has 0 atom stereocenters. The molecular weight excluding hydrogens is 256 g/mol. The highest BCUT2D eigenvalue weighted by molar-refractivity contribution is 5.99. The number of rotatable bonds is 3. The van der Waals surface area contributed by atoms with Crippen LogP contribution in [-0.2, 0) is 4.74 Å². The molecule has 0 radical (unpaired) electrons. The van der Waals surface area contributed by atoms with E-state index in [4.69, 9.17) is 4.74 Å². The minimum atomic E-state index is -0.962. The van der Waals surface area contributed by atoms with Crippen molar-refractivity contribution in [3.05, 3.63) is 35.4 Å². The molecule has 0 aliphatic heterocycles. The first kappa shape index (κ1) is 15.1. The van der Waals surface area contributed by atoms with E-state index in [1.54, 1.807) is 20.8 Å². The van der Waals surface area contributed by atoms with E-state index in [2.05, 4.69) is 5.32 Å². The van der Waals surface area contributed by atoms with Crippen molar-refractivity contribution in [3.63, 3.8) is 0 Å². The fraction of sp³-hybridized carbons (Fsp3) is 0.385. The highest BCUT2D eigenvalue weighted by Gasteiger charge is 2.20. The van der Waals surface area contributed by atoms with Gasteiger partial charge in [0.05, 0.1) is 12.1 Å². The second-order valence-corrected chi connectivity index (χ2v) is 4.88. The molecule has 1 aromatic rings. The van der Waals surface area contributed by atoms with Crippen molar-refractivity contribution in [2.45, 2.75) is 26.4 Å². The third-order valence-electron chi connectivity index (χ3n) is 2.03. The number of hydrogen-bond acceptors (Lipinski definition) is 3. The Morgan fingerprint density at radius 3 is 2.21 bits per heavy atom. The standard InChI is InChI=1S/C13H15F2NO3/c1-13(2,3)19-12(18)16-7-10(17)11-8(14)5-4-6-9(11)15/h4-6H,7H2,1-3H3,(H,16,18). The van der Waals surface area contributed by atoms with E-state index in [0.29, 0.717) is 0 Å². The second kappa shape index (κ2) is 5.77. The first-order valence-corrected chi connectivity index (χ1v) is 5.65. The van der Waals surface area contributed by atoms with Crippen LogP contribution in [0.2, 0.25) is 0 Å². The zero-order chi connectivity index (χ0) is 14.6. The Morgan fingerprint density at radius 1 is 1.21 bits per heavy atom. The van der Waals surface area contributed by atoms with Crippen LogP contribution in [0.3, 0.4) is 0 Å². The Kier molecular flexibility index (Phi) is 4.58. The number of benzene rings is 1. The first-order valence-electron chi connectivity index (χ1n) is 5.65. The Morgan fingerprint density at radius 2 is 1.74 bits per heavy atom.